The average molecular weight is 514 g/mol. The maximum atomic E-state index is 13.7. The Labute approximate surface area is 204 Å². The molecule has 0 unspecified atom stereocenters. The summed E-state index contributed by atoms with van der Waals surface area (Å²) in [4.78, 5) is 20.8. The molecule has 1 saturated heterocycles. The Morgan fingerprint density at radius 3 is 2.53 bits per heavy atom. The third-order valence-corrected chi connectivity index (χ3v) is 6.82. The van der Waals surface area contributed by atoms with Gasteiger partial charge in [-0.2, -0.15) is 8.42 Å². The van der Waals surface area contributed by atoms with E-state index in [4.69, 9.17) is 20.9 Å². The Balaban J connectivity index is 1.50. The standard InChI is InChI=1S/C23H29ClFN3O5S/c1-16-11-21(25)17(2)10-19(16)14-27-5-7-28(8-6-27)22(29)15-33-23-18(12-20(24)13-26-23)4-3-9-34(30,31)32/h10-13H,3-9,14-15H2,1-2H3,(H,30,31,32). The number of halogens is 2. The number of benzene rings is 1. The Morgan fingerprint density at radius 1 is 1.15 bits per heavy atom. The molecule has 1 aromatic carbocycles. The lowest BCUT2D eigenvalue weighted by Gasteiger charge is -2.35. The molecule has 1 aromatic heterocycles. The zero-order chi connectivity index (χ0) is 24.9. The summed E-state index contributed by atoms with van der Waals surface area (Å²) < 4.78 is 50.1. The number of nitrogens with zero attached hydrogens (tertiary/aromatic N) is 3. The van der Waals surface area contributed by atoms with Gasteiger partial charge in [0.1, 0.15) is 5.82 Å². The lowest BCUT2D eigenvalue weighted by atomic mass is 10.0. The second-order valence-corrected chi connectivity index (χ2v) is 10.5. The normalized spacial score (nSPS) is 14.9. The first-order valence-electron chi connectivity index (χ1n) is 11.0. The zero-order valence-corrected chi connectivity index (χ0v) is 20.8. The van der Waals surface area contributed by atoms with Crippen LogP contribution in [0.1, 0.15) is 28.7 Å². The van der Waals surface area contributed by atoms with Gasteiger partial charge in [-0.25, -0.2) is 9.37 Å². The van der Waals surface area contributed by atoms with Crippen molar-refractivity contribution >= 4 is 27.6 Å². The number of carbonyl (C=O) groups excluding carboxylic acids is 1. The topological polar surface area (TPSA) is 100 Å². The quantitative estimate of drug-likeness (QED) is 0.514. The van der Waals surface area contributed by atoms with Crippen LogP contribution in [-0.4, -0.2) is 72.2 Å². The predicted octanol–water partition coefficient (Wildman–Crippen LogP) is 3.03. The van der Waals surface area contributed by atoms with Gasteiger partial charge in [-0.1, -0.05) is 17.7 Å². The number of hydrogen-bond donors (Lipinski definition) is 1. The highest BCUT2D eigenvalue weighted by Gasteiger charge is 2.22. The highest BCUT2D eigenvalue weighted by Crippen LogP contribution is 2.22. The largest absolute Gasteiger partial charge is 0.467 e. The van der Waals surface area contributed by atoms with E-state index in [0.717, 1.165) is 11.1 Å². The second-order valence-electron chi connectivity index (χ2n) is 8.48. The van der Waals surface area contributed by atoms with E-state index in [9.17, 15) is 17.6 Å². The molecule has 0 aliphatic carbocycles. The summed E-state index contributed by atoms with van der Waals surface area (Å²) in [5.41, 5.74) is 3.19. The van der Waals surface area contributed by atoms with Gasteiger partial charge < -0.3 is 9.64 Å². The van der Waals surface area contributed by atoms with Crippen molar-refractivity contribution in [2.75, 3.05) is 38.5 Å². The van der Waals surface area contributed by atoms with Gasteiger partial charge >= 0.3 is 0 Å². The predicted molar refractivity (Wildman–Crippen MR) is 127 cm³/mol. The van der Waals surface area contributed by atoms with Crippen molar-refractivity contribution < 1.29 is 26.9 Å². The first-order chi connectivity index (χ1) is 16.0. The lowest BCUT2D eigenvalue weighted by molar-refractivity contribution is -0.135. The summed E-state index contributed by atoms with van der Waals surface area (Å²) in [6.07, 6.45) is 1.84. The number of carbonyl (C=O) groups is 1. The molecule has 0 spiro atoms. The number of ether oxygens (including phenoxy) is 1. The van der Waals surface area contributed by atoms with Crippen LogP contribution in [-0.2, 0) is 27.9 Å². The Bertz CT molecular complexity index is 1140. The first-order valence-corrected chi connectivity index (χ1v) is 13.0. The molecule has 0 radical (unpaired) electrons. The molecule has 11 heteroatoms. The summed E-state index contributed by atoms with van der Waals surface area (Å²) in [7, 11) is -4.06. The van der Waals surface area contributed by atoms with E-state index in [1.165, 1.54) is 6.20 Å². The van der Waals surface area contributed by atoms with Gasteiger partial charge in [0.2, 0.25) is 5.88 Å². The minimum Gasteiger partial charge on any atom is -0.467 e. The Morgan fingerprint density at radius 2 is 1.85 bits per heavy atom. The van der Waals surface area contributed by atoms with Crippen LogP contribution in [0.2, 0.25) is 5.02 Å². The maximum absolute atomic E-state index is 13.7. The van der Waals surface area contributed by atoms with Crippen LogP contribution in [0.4, 0.5) is 4.39 Å². The summed E-state index contributed by atoms with van der Waals surface area (Å²) in [6, 6.07) is 5.04. The van der Waals surface area contributed by atoms with Crippen molar-refractivity contribution in [2.24, 2.45) is 0 Å². The molecule has 2 heterocycles. The first kappa shape index (κ1) is 26.3. The third kappa shape index (κ3) is 7.63. The van der Waals surface area contributed by atoms with Gasteiger partial charge in [0.15, 0.2) is 6.61 Å². The SMILES string of the molecule is Cc1cc(CN2CCN(C(=O)COc3ncc(Cl)cc3CCCS(=O)(=O)O)CC2)c(C)cc1F. The third-order valence-electron chi connectivity index (χ3n) is 5.81. The molecule has 8 nitrogen and oxygen atoms in total. The average Bonchev–Trinajstić information content (AvgIpc) is 2.76. The second kappa shape index (κ2) is 11.4. The van der Waals surface area contributed by atoms with E-state index < -0.39 is 10.1 Å². The van der Waals surface area contributed by atoms with Gasteiger partial charge in [0, 0.05) is 44.5 Å². The number of rotatable bonds is 9. The smallest absolute Gasteiger partial charge is 0.264 e. The van der Waals surface area contributed by atoms with Crippen LogP contribution in [0.5, 0.6) is 5.88 Å². The molecule has 0 saturated carbocycles. The van der Waals surface area contributed by atoms with Crippen LogP contribution in [0.3, 0.4) is 0 Å². The zero-order valence-electron chi connectivity index (χ0n) is 19.3. The van der Waals surface area contributed by atoms with Crippen LogP contribution >= 0.6 is 11.6 Å². The molecule has 3 rings (SSSR count). The van der Waals surface area contributed by atoms with E-state index in [0.29, 0.717) is 48.9 Å². The Kier molecular flexibility index (Phi) is 8.86. The van der Waals surface area contributed by atoms with Crippen molar-refractivity contribution in [3.8, 4) is 5.88 Å². The summed E-state index contributed by atoms with van der Waals surface area (Å²) in [5.74, 6) is -0.546. The Hall–Kier alpha value is -2.27. The fraction of sp³-hybridized carbons (Fsp3) is 0.478. The molecule has 0 atom stereocenters. The van der Waals surface area contributed by atoms with Crippen LogP contribution in [0, 0.1) is 19.7 Å². The number of hydrogen-bond acceptors (Lipinski definition) is 6. The molecule has 2 aromatic rings. The van der Waals surface area contributed by atoms with Gasteiger partial charge in [-0.3, -0.25) is 14.2 Å². The highest BCUT2D eigenvalue weighted by atomic mass is 35.5. The van der Waals surface area contributed by atoms with Gasteiger partial charge in [-0.05, 0) is 55.5 Å². The molecule has 186 valence electrons. The van der Waals surface area contributed by atoms with E-state index >= 15 is 0 Å². The molecule has 1 N–H and O–H groups in total. The number of amides is 1. The van der Waals surface area contributed by atoms with Crippen LogP contribution in [0.25, 0.3) is 0 Å². The van der Waals surface area contributed by atoms with Crippen molar-refractivity contribution in [1.29, 1.82) is 0 Å². The van der Waals surface area contributed by atoms with Crippen molar-refractivity contribution in [1.82, 2.24) is 14.8 Å². The molecular formula is C23H29ClFN3O5S. The van der Waals surface area contributed by atoms with E-state index in [1.54, 1.807) is 24.0 Å². The lowest BCUT2D eigenvalue weighted by Crippen LogP contribution is -2.49. The van der Waals surface area contributed by atoms with E-state index in [1.807, 2.05) is 13.0 Å². The van der Waals surface area contributed by atoms with Gasteiger partial charge in [0.25, 0.3) is 16.0 Å². The summed E-state index contributed by atoms with van der Waals surface area (Å²) >= 11 is 5.98. The minimum absolute atomic E-state index is 0.167. The molecule has 1 fully saturated rings. The number of aromatic nitrogens is 1. The van der Waals surface area contributed by atoms with E-state index in [2.05, 4.69) is 9.88 Å². The highest BCUT2D eigenvalue weighted by molar-refractivity contribution is 7.85. The molecular weight excluding hydrogens is 485 g/mol. The summed E-state index contributed by atoms with van der Waals surface area (Å²) in [5, 5.41) is 0.364. The van der Waals surface area contributed by atoms with Crippen molar-refractivity contribution in [2.45, 2.75) is 33.2 Å². The molecule has 1 aliphatic rings. The van der Waals surface area contributed by atoms with Crippen molar-refractivity contribution in [3.05, 3.63) is 57.5 Å². The molecule has 34 heavy (non-hydrogen) atoms. The monoisotopic (exact) mass is 513 g/mol. The number of aryl methyl sites for hydroxylation is 3. The van der Waals surface area contributed by atoms with Crippen molar-refractivity contribution in [3.63, 3.8) is 0 Å². The minimum atomic E-state index is -4.06. The summed E-state index contributed by atoms with van der Waals surface area (Å²) in [6.45, 7) is 6.65. The maximum Gasteiger partial charge on any atom is 0.264 e. The molecule has 1 aliphatic heterocycles. The van der Waals surface area contributed by atoms with Gasteiger partial charge in [0.05, 0.1) is 10.8 Å². The molecule has 1 amide bonds. The number of pyridine rings is 1. The van der Waals surface area contributed by atoms with Gasteiger partial charge in [-0.15, -0.1) is 0 Å². The number of piperazine rings is 1. The molecule has 0 bridgehead atoms. The van der Waals surface area contributed by atoms with Crippen LogP contribution in [0.15, 0.2) is 24.4 Å². The van der Waals surface area contributed by atoms with Crippen LogP contribution < -0.4 is 4.74 Å². The van der Waals surface area contributed by atoms with E-state index in [-0.39, 0.29) is 42.8 Å². The fourth-order valence-electron chi connectivity index (χ4n) is 3.85. The fourth-order valence-corrected chi connectivity index (χ4v) is 4.54.